The molecule has 20 heavy (non-hydrogen) atoms. The molecule has 1 saturated carbocycles. The number of hydrogen-bond acceptors (Lipinski definition) is 4. The van der Waals surface area contributed by atoms with Gasteiger partial charge >= 0.3 is 5.97 Å². The van der Waals surface area contributed by atoms with Crippen LogP contribution in [-0.4, -0.2) is 34.5 Å². The van der Waals surface area contributed by atoms with Gasteiger partial charge in [-0.15, -0.1) is 0 Å². The van der Waals surface area contributed by atoms with Crippen molar-refractivity contribution in [1.29, 1.82) is 0 Å². The molecule has 0 amide bonds. The highest BCUT2D eigenvalue weighted by atomic mass is 16.5. The normalized spacial score (nSPS) is 42.5. The molecule has 0 aromatic rings. The molecule has 0 aromatic heterocycles. The molecule has 0 spiro atoms. The summed E-state index contributed by atoms with van der Waals surface area (Å²) in [5, 5.41) is 20.0. The zero-order chi connectivity index (χ0) is 14.5. The standard InChI is InChI=1S/C16H24O4/c1-11-5-3-2-4-6-12-9-13(17)10-14(12)15(18)7-8-16(19)20-11/h4,6-8,11-15,17-18H,2-3,5,9-10H2,1H3/b6-4+,8-7-/t11-,12-,13+,14+,15+/m1/s1. The Kier molecular flexibility index (Phi) is 5.38. The first-order chi connectivity index (χ1) is 9.56. The molecule has 0 saturated heterocycles. The number of ether oxygens (including phenoxy) is 1. The van der Waals surface area contributed by atoms with Gasteiger partial charge in [-0.1, -0.05) is 12.2 Å². The highest BCUT2D eigenvalue weighted by Gasteiger charge is 2.35. The molecule has 5 atom stereocenters. The molecule has 112 valence electrons. The lowest BCUT2D eigenvalue weighted by Gasteiger charge is -2.19. The molecule has 0 aromatic carbocycles. The van der Waals surface area contributed by atoms with E-state index < -0.39 is 12.1 Å². The summed E-state index contributed by atoms with van der Waals surface area (Å²) in [4.78, 5) is 11.6. The fraction of sp³-hybridized carbons (Fsp3) is 0.688. The fourth-order valence-electron chi connectivity index (χ4n) is 3.10. The topological polar surface area (TPSA) is 66.8 Å². The van der Waals surface area contributed by atoms with Crippen LogP contribution < -0.4 is 0 Å². The van der Waals surface area contributed by atoms with Crippen LogP contribution in [0.15, 0.2) is 24.3 Å². The number of hydrogen-bond donors (Lipinski definition) is 2. The lowest BCUT2D eigenvalue weighted by Crippen LogP contribution is -2.21. The van der Waals surface area contributed by atoms with E-state index in [1.165, 1.54) is 12.2 Å². The fourth-order valence-corrected chi connectivity index (χ4v) is 3.10. The number of allylic oxidation sites excluding steroid dienone is 2. The number of aliphatic hydroxyl groups excluding tert-OH is 2. The average Bonchev–Trinajstić information content (AvgIpc) is 2.76. The smallest absolute Gasteiger partial charge is 0.330 e. The van der Waals surface area contributed by atoms with Crippen LogP contribution in [-0.2, 0) is 9.53 Å². The van der Waals surface area contributed by atoms with Gasteiger partial charge in [-0.25, -0.2) is 4.79 Å². The summed E-state index contributed by atoms with van der Waals surface area (Å²) in [6, 6.07) is 0. The Morgan fingerprint density at radius 3 is 2.85 bits per heavy atom. The summed E-state index contributed by atoms with van der Waals surface area (Å²) >= 11 is 0. The monoisotopic (exact) mass is 280 g/mol. The van der Waals surface area contributed by atoms with Crippen molar-refractivity contribution in [2.75, 3.05) is 0 Å². The zero-order valence-corrected chi connectivity index (χ0v) is 11.9. The van der Waals surface area contributed by atoms with E-state index in [0.29, 0.717) is 12.8 Å². The molecule has 1 aliphatic carbocycles. The Morgan fingerprint density at radius 1 is 1.25 bits per heavy atom. The van der Waals surface area contributed by atoms with E-state index in [9.17, 15) is 15.0 Å². The first-order valence-electron chi connectivity index (χ1n) is 7.48. The average molecular weight is 280 g/mol. The van der Waals surface area contributed by atoms with Crippen molar-refractivity contribution in [2.45, 2.75) is 57.3 Å². The zero-order valence-electron chi connectivity index (χ0n) is 11.9. The lowest BCUT2D eigenvalue weighted by molar-refractivity contribution is -0.142. The maximum absolute atomic E-state index is 11.6. The molecule has 2 aliphatic rings. The van der Waals surface area contributed by atoms with Gasteiger partial charge in [0.15, 0.2) is 0 Å². The van der Waals surface area contributed by atoms with Crippen molar-refractivity contribution in [3.63, 3.8) is 0 Å². The summed E-state index contributed by atoms with van der Waals surface area (Å²) in [5.74, 6) is -0.249. The highest BCUT2D eigenvalue weighted by molar-refractivity contribution is 5.82. The predicted octanol–water partition coefficient (Wildman–Crippen LogP) is 1.96. The number of rotatable bonds is 0. The van der Waals surface area contributed by atoms with Gasteiger partial charge in [0.05, 0.1) is 18.3 Å². The molecule has 2 rings (SSSR count). The summed E-state index contributed by atoms with van der Waals surface area (Å²) in [7, 11) is 0. The second-order valence-electron chi connectivity index (χ2n) is 5.91. The van der Waals surface area contributed by atoms with Crippen LogP contribution in [0.3, 0.4) is 0 Å². The Hall–Kier alpha value is -1.13. The molecule has 2 N–H and O–H groups in total. The van der Waals surface area contributed by atoms with Crippen molar-refractivity contribution in [3.05, 3.63) is 24.3 Å². The van der Waals surface area contributed by atoms with Gasteiger partial charge in [-0.05, 0) is 56.9 Å². The van der Waals surface area contributed by atoms with Gasteiger partial charge in [-0.3, -0.25) is 0 Å². The molecule has 4 heteroatoms. The minimum absolute atomic E-state index is 0.0246. The van der Waals surface area contributed by atoms with E-state index in [1.54, 1.807) is 0 Å². The number of cyclic esters (lactones) is 1. The molecular formula is C16H24O4. The van der Waals surface area contributed by atoms with Gasteiger partial charge in [0.1, 0.15) is 0 Å². The van der Waals surface area contributed by atoms with Gasteiger partial charge < -0.3 is 14.9 Å². The van der Waals surface area contributed by atoms with E-state index in [0.717, 1.165) is 19.3 Å². The van der Waals surface area contributed by atoms with Crippen molar-refractivity contribution in [2.24, 2.45) is 11.8 Å². The van der Waals surface area contributed by atoms with Gasteiger partial charge in [-0.2, -0.15) is 0 Å². The van der Waals surface area contributed by atoms with E-state index in [2.05, 4.69) is 12.2 Å². The molecule has 0 unspecified atom stereocenters. The van der Waals surface area contributed by atoms with Crippen molar-refractivity contribution in [1.82, 2.24) is 0 Å². The van der Waals surface area contributed by atoms with Crippen LogP contribution in [0.25, 0.3) is 0 Å². The lowest BCUT2D eigenvalue weighted by atomic mass is 9.90. The van der Waals surface area contributed by atoms with Crippen molar-refractivity contribution in [3.8, 4) is 0 Å². The predicted molar refractivity (Wildman–Crippen MR) is 75.9 cm³/mol. The third-order valence-corrected chi connectivity index (χ3v) is 4.19. The molecule has 0 radical (unpaired) electrons. The Balaban J connectivity index is 2.11. The number of aliphatic hydroxyl groups is 2. The van der Waals surface area contributed by atoms with E-state index in [4.69, 9.17) is 4.74 Å². The van der Waals surface area contributed by atoms with E-state index in [-0.39, 0.29) is 24.0 Å². The third kappa shape index (κ3) is 4.18. The number of carbonyl (C=O) groups excluding carboxylic acids is 1. The Labute approximate surface area is 120 Å². The summed E-state index contributed by atoms with van der Waals surface area (Å²) in [6.07, 6.45) is 9.87. The van der Waals surface area contributed by atoms with E-state index in [1.807, 2.05) is 6.92 Å². The first kappa shape index (κ1) is 15.3. The highest BCUT2D eigenvalue weighted by Crippen LogP contribution is 2.36. The van der Waals surface area contributed by atoms with Gasteiger partial charge in [0.25, 0.3) is 0 Å². The number of fused-ring (bicyclic) bond motifs is 1. The third-order valence-electron chi connectivity index (χ3n) is 4.19. The summed E-state index contributed by atoms with van der Waals surface area (Å²) in [5.41, 5.74) is 0. The first-order valence-corrected chi connectivity index (χ1v) is 7.48. The Morgan fingerprint density at radius 2 is 2.05 bits per heavy atom. The van der Waals surface area contributed by atoms with E-state index >= 15 is 0 Å². The van der Waals surface area contributed by atoms with Gasteiger partial charge in [0.2, 0.25) is 0 Å². The maximum atomic E-state index is 11.6. The second kappa shape index (κ2) is 7.04. The number of esters is 1. The summed E-state index contributed by atoms with van der Waals surface area (Å²) < 4.78 is 5.23. The minimum atomic E-state index is -0.717. The summed E-state index contributed by atoms with van der Waals surface area (Å²) in [6.45, 7) is 1.89. The SMILES string of the molecule is C[C@@H]1CCC/C=C/[C@@H]2C[C@H](O)C[C@@H]2[C@@H](O)/C=C\C(=O)O1. The van der Waals surface area contributed by atoms with Crippen LogP contribution >= 0.6 is 0 Å². The van der Waals surface area contributed by atoms with Crippen molar-refractivity contribution < 1.29 is 19.7 Å². The minimum Gasteiger partial charge on any atom is -0.460 e. The Bertz CT molecular complexity index is 388. The molecule has 1 aliphatic heterocycles. The van der Waals surface area contributed by atoms with Gasteiger partial charge in [0, 0.05) is 6.08 Å². The molecule has 4 nitrogen and oxygen atoms in total. The van der Waals surface area contributed by atoms with Crippen molar-refractivity contribution >= 4 is 5.97 Å². The number of carbonyl (C=O) groups is 1. The van der Waals surface area contributed by atoms with Crippen LogP contribution in [0.1, 0.15) is 39.0 Å². The second-order valence-corrected chi connectivity index (χ2v) is 5.91. The molecule has 0 bridgehead atoms. The largest absolute Gasteiger partial charge is 0.460 e. The molecule has 1 heterocycles. The quantitative estimate of drug-likeness (QED) is 0.526. The van der Waals surface area contributed by atoms with Crippen LogP contribution in [0.5, 0.6) is 0 Å². The maximum Gasteiger partial charge on any atom is 0.330 e. The molecular weight excluding hydrogens is 256 g/mol. The van der Waals surface area contributed by atoms with Crippen LogP contribution in [0, 0.1) is 11.8 Å². The van der Waals surface area contributed by atoms with Crippen LogP contribution in [0.2, 0.25) is 0 Å². The van der Waals surface area contributed by atoms with Crippen LogP contribution in [0.4, 0.5) is 0 Å². The molecule has 1 fully saturated rings.